The SMILES string of the molecule is CC1(N)CCC2([C-]=C(c3[c-]cccc3)CCO2)CC1.[W+2]. The van der Waals surface area contributed by atoms with Crippen molar-refractivity contribution in [3.8, 4) is 0 Å². The van der Waals surface area contributed by atoms with Crippen LogP contribution in [0.3, 0.4) is 0 Å². The van der Waals surface area contributed by atoms with Gasteiger partial charge in [-0.25, -0.2) is 12.1 Å². The Kier molecular flexibility index (Phi) is 4.89. The molecule has 1 heterocycles. The summed E-state index contributed by atoms with van der Waals surface area (Å²) in [6.45, 7) is 2.92. The van der Waals surface area contributed by atoms with E-state index in [1.165, 1.54) is 5.57 Å². The summed E-state index contributed by atoms with van der Waals surface area (Å²) < 4.78 is 6.05. The Morgan fingerprint density at radius 3 is 2.60 bits per heavy atom. The molecule has 2 nitrogen and oxygen atoms in total. The van der Waals surface area contributed by atoms with Gasteiger partial charge in [0.05, 0.1) is 0 Å². The van der Waals surface area contributed by atoms with Crippen molar-refractivity contribution in [3.05, 3.63) is 42.0 Å². The van der Waals surface area contributed by atoms with Crippen LogP contribution in [-0.2, 0) is 25.8 Å². The first-order chi connectivity index (χ1) is 9.09. The van der Waals surface area contributed by atoms with E-state index in [-0.39, 0.29) is 32.2 Å². The fourth-order valence-electron chi connectivity index (χ4n) is 3.00. The minimum Gasteiger partial charge on any atom is -0.391 e. The van der Waals surface area contributed by atoms with Gasteiger partial charge < -0.3 is 16.0 Å². The fraction of sp³-hybridized carbons (Fsp3) is 0.529. The Morgan fingerprint density at radius 1 is 1.20 bits per heavy atom. The number of ether oxygens (including phenoxy) is 1. The van der Waals surface area contributed by atoms with Gasteiger partial charge in [-0.15, -0.1) is 6.07 Å². The van der Waals surface area contributed by atoms with Crippen LogP contribution in [0.4, 0.5) is 0 Å². The molecule has 0 unspecified atom stereocenters. The molecule has 0 saturated heterocycles. The van der Waals surface area contributed by atoms with Gasteiger partial charge in [0.15, 0.2) is 0 Å². The first-order valence-electron chi connectivity index (χ1n) is 7.13. The predicted octanol–water partition coefficient (Wildman–Crippen LogP) is 3.12. The van der Waals surface area contributed by atoms with Crippen molar-refractivity contribution in [3.63, 3.8) is 0 Å². The van der Waals surface area contributed by atoms with E-state index in [0.717, 1.165) is 44.3 Å². The van der Waals surface area contributed by atoms with Crippen LogP contribution in [0.25, 0.3) is 5.57 Å². The van der Waals surface area contributed by atoms with Gasteiger partial charge in [0.2, 0.25) is 0 Å². The number of benzene rings is 1. The second kappa shape index (κ2) is 6.13. The third-order valence-electron chi connectivity index (χ3n) is 4.34. The monoisotopic (exact) mass is 439 g/mol. The Labute approximate surface area is 136 Å². The molecular weight excluding hydrogens is 418 g/mol. The van der Waals surface area contributed by atoms with Crippen molar-refractivity contribution < 1.29 is 25.8 Å². The average molecular weight is 439 g/mol. The minimum atomic E-state index is -0.198. The average Bonchev–Trinajstić information content (AvgIpc) is 2.44. The van der Waals surface area contributed by atoms with Crippen molar-refractivity contribution in [2.24, 2.45) is 5.73 Å². The van der Waals surface area contributed by atoms with Gasteiger partial charge >= 0.3 is 21.1 Å². The van der Waals surface area contributed by atoms with Gasteiger partial charge in [0, 0.05) is 17.7 Å². The van der Waals surface area contributed by atoms with Crippen LogP contribution in [-0.4, -0.2) is 17.7 Å². The molecule has 3 rings (SSSR count). The van der Waals surface area contributed by atoms with Crippen LogP contribution in [0, 0.1) is 12.1 Å². The smallest absolute Gasteiger partial charge is 0.391 e. The van der Waals surface area contributed by atoms with Crippen molar-refractivity contribution >= 4 is 5.57 Å². The van der Waals surface area contributed by atoms with E-state index < -0.39 is 0 Å². The normalized spacial score (nSPS) is 33.4. The molecule has 1 aliphatic carbocycles. The van der Waals surface area contributed by atoms with Gasteiger partial charge in [-0.05, 0) is 32.6 Å². The molecule has 1 aliphatic heterocycles. The largest absolute Gasteiger partial charge is 2.00 e. The second-order valence-corrected chi connectivity index (χ2v) is 6.13. The Hall–Kier alpha value is -0.432. The molecule has 0 atom stereocenters. The third kappa shape index (κ3) is 3.42. The summed E-state index contributed by atoms with van der Waals surface area (Å²) in [7, 11) is 0. The van der Waals surface area contributed by atoms with Crippen LogP contribution in [0.2, 0.25) is 0 Å². The molecule has 0 bridgehead atoms. The fourth-order valence-corrected chi connectivity index (χ4v) is 3.00. The first-order valence-corrected chi connectivity index (χ1v) is 7.13. The second-order valence-electron chi connectivity index (χ2n) is 6.13. The van der Waals surface area contributed by atoms with E-state index in [1.54, 1.807) is 0 Å². The summed E-state index contributed by atoms with van der Waals surface area (Å²) in [6, 6.07) is 11.4. The van der Waals surface area contributed by atoms with Crippen molar-refractivity contribution in [1.82, 2.24) is 0 Å². The van der Waals surface area contributed by atoms with Crippen LogP contribution in [0.5, 0.6) is 0 Å². The summed E-state index contributed by atoms with van der Waals surface area (Å²) in [4.78, 5) is 0. The van der Waals surface area contributed by atoms with E-state index in [4.69, 9.17) is 10.5 Å². The number of rotatable bonds is 1. The maximum atomic E-state index is 6.22. The molecule has 1 aromatic carbocycles. The number of nitrogens with two attached hydrogens (primary N) is 1. The van der Waals surface area contributed by atoms with Gasteiger partial charge in [-0.1, -0.05) is 6.42 Å². The van der Waals surface area contributed by atoms with Gasteiger partial charge in [-0.3, -0.25) is 11.6 Å². The zero-order chi connectivity index (χ0) is 13.3. The molecule has 1 aromatic rings. The quantitative estimate of drug-likeness (QED) is 0.683. The van der Waals surface area contributed by atoms with E-state index >= 15 is 0 Å². The van der Waals surface area contributed by atoms with Crippen LogP contribution >= 0.6 is 0 Å². The van der Waals surface area contributed by atoms with E-state index in [1.807, 2.05) is 12.1 Å². The molecule has 2 aliphatic rings. The molecule has 106 valence electrons. The van der Waals surface area contributed by atoms with Crippen LogP contribution in [0.15, 0.2) is 24.3 Å². The van der Waals surface area contributed by atoms with Crippen molar-refractivity contribution in [2.75, 3.05) is 6.61 Å². The van der Waals surface area contributed by atoms with Crippen molar-refractivity contribution in [2.45, 2.75) is 50.2 Å². The maximum Gasteiger partial charge on any atom is 2.00 e. The summed E-state index contributed by atoms with van der Waals surface area (Å²) in [5.74, 6) is 0. The zero-order valence-corrected chi connectivity index (χ0v) is 14.9. The summed E-state index contributed by atoms with van der Waals surface area (Å²) in [6.07, 6.45) is 8.54. The van der Waals surface area contributed by atoms with Crippen LogP contribution in [0.1, 0.15) is 44.6 Å². The van der Waals surface area contributed by atoms with E-state index in [0.29, 0.717) is 0 Å². The van der Waals surface area contributed by atoms with Gasteiger partial charge in [0.25, 0.3) is 0 Å². The van der Waals surface area contributed by atoms with E-state index in [9.17, 15) is 0 Å². The van der Waals surface area contributed by atoms with E-state index in [2.05, 4.69) is 31.2 Å². The molecule has 1 saturated carbocycles. The zero-order valence-electron chi connectivity index (χ0n) is 11.9. The predicted molar refractivity (Wildman–Crippen MR) is 76.3 cm³/mol. The standard InChI is InChI=1S/C17H21NO.W/c1-16(18)8-10-17(11-9-16)13-15(7-12-19-17)14-5-3-2-4-6-14;/h2-5H,7-12,18H2,1H3;/q-2;+2. The Bertz CT molecular complexity index is 471. The molecular formula is C17H21NOW. The molecule has 0 amide bonds. The van der Waals surface area contributed by atoms with Gasteiger partial charge in [-0.2, -0.15) is 12.1 Å². The molecule has 3 heteroatoms. The summed E-state index contributed by atoms with van der Waals surface area (Å²) in [5.41, 5.74) is 8.40. The topological polar surface area (TPSA) is 35.2 Å². The van der Waals surface area contributed by atoms with Crippen LogP contribution < -0.4 is 5.73 Å². The minimum absolute atomic E-state index is 0. The first kappa shape index (κ1) is 15.9. The molecule has 2 N–H and O–H groups in total. The molecule has 0 radical (unpaired) electrons. The number of hydrogen-bond donors (Lipinski definition) is 1. The summed E-state index contributed by atoms with van der Waals surface area (Å²) >= 11 is 0. The number of hydrogen-bond acceptors (Lipinski definition) is 2. The Balaban J connectivity index is 0.00000147. The van der Waals surface area contributed by atoms with Gasteiger partial charge in [0.1, 0.15) is 0 Å². The van der Waals surface area contributed by atoms with Crippen molar-refractivity contribution in [1.29, 1.82) is 0 Å². The molecule has 1 fully saturated rings. The Morgan fingerprint density at radius 2 is 1.95 bits per heavy atom. The summed E-state index contributed by atoms with van der Waals surface area (Å²) in [5, 5.41) is 0. The molecule has 1 spiro atoms. The molecule has 20 heavy (non-hydrogen) atoms. The third-order valence-corrected chi connectivity index (χ3v) is 4.34. The maximum absolute atomic E-state index is 6.22. The molecule has 0 aromatic heterocycles.